The zero-order valence-electron chi connectivity index (χ0n) is 16.1. The van der Waals surface area contributed by atoms with E-state index in [2.05, 4.69) is 22.5 Å². The van der Waals surface area contributed by atoms with Crippen LogP contribution in [0.1, 0.15) is 52.9 Å². The van der Waals surface area contributed by atoms with Crippen molar-refractivity contribution < 1.29 is 14.3 Å². The molecule has 6 heteroatoms. The van der Waals surface area contributed by atoms with Crippen LogP contribution in [0, 0.1) is 11.8 Å². The number of nitrogens with one attached hydrogen (secondary N) is 2. The number of nitrogens with zero attached hydrogens (tertiary/aromatic N) is 1. The number of carbonyl (C=O) groups excluding carboxylic acids is 2. The quantitative estimate of drug-likeness (QED) is 0.617. The zero-order valence-corrected chi connectivity index (χ0v) is 16.1. The summed E-state index contributed by atoms with van der Waals surface area (Å²) in [4.78, 5) is 26.8. The normalized spacial score (nSPS) is 25.9. The first-order valence-corrected chi connectivity index (χ1v) is 9.92. The van der Waals surface area contributed by atoms with Crippen LogP contribution < -0.4 is 10.6 Å². The summed E-state index contributed by atoms with van der Waals surface area (Å²) in [6.45, 7) is 10.6. The molecule has 1 saturated carbocycles. The van der Waals surface area contributed by atoms with E-state index < -0.39 is 6.04 Å². The van der Waals surface area contributed by atoms with Gasteiger partial charge in [-0.15, -0.1) is 0 Å². The number of ether oxygens (including phenoxy) is 1. The molecule has 144 valence electrons. The van der Waals surface area contributed by atoms with Gasteiger partial charge in [0.25, 0.3) is 0 Å². The average Bonchev–Trinajstić information content (AvgIpc) is 2.52. The number of carbonyl (C=O) groups is 2. The molecule has 1 aliphatic carbocycles. The Labute approximate surface area is 152 Å². The molecule has 1 aliphatic heterocycles. The van der Waals surface area contributed by atoms with Crippen LogP contribution in [0.4, 0.5) is 0 Å². The Morgan fingerprint density at radius 2 is 2.04 bits per heavy atom. The first kappa shape index (κ1) is 20.2. The van der Waals surface area contributed by atoms with E-state index in [-0.39, 0.29) is 23.8 Å². The van der Waals surface area contributed by atoms with Crippen LogP contribution in [0.2, 0.25) is 0 Å². The Hall–Kier alpha value is -1.14. The molecule has 6 nitrogen and oxygen atoms in total. The second kappa shape index (κ2) is 10.1. The number of hydrogen-bond donors (Lipinski definition) is 2. The minimum atomic E-state index is -0.454. The van der Waals surface area contributed by atoms with Gasteiger partial charge in [0.15, 0.2) is 0 Å². The van der Waals surface area contributed by atoms with Gasteiger partial charge in [-0.1, -0.05) is 13.3 Å². The van der Waals surface area contributed by atoms with Gasteiger partial charge < -0.3 is 20.3 Å². The van der Waals surface area contributed by atoms with E-state index in [4.69, 9.17) is 4.74 Å². The largest absolute Gasteiger partial charge is 0.382 e. The third kappa shape index (κ3) is 6.26. The molecule has 2 N–H and O–H groups in total. The Kier molecular flexibility index (Phi) is 8.16. The number of likely N-dealkylation sites (tertiary alicyclic amines) is 1. The van der Waals surface area contributed by atoms with E-state index in [0.717, 1.165) is 65.0 Å². The number of amides is 2. The molecule has 0 aromatic carbocycles. The molecule has 3 unspecified atom stereocenters. The smallest absolute Gasteiger partial charge is 0.242 e. The molecule has 2 fully saturated rings. The minimum absolute atomic E-state index is 0.0334. The first-order valence-electron chi connectivity index (χ1n) is 9.92. The standard InChI is InChI=1S/C19H35N3O3/c1-4-25-12-6-10-22-11-9-17(14(2)13-22)21-18(23)15(3)20-19(24)16-7-5-8-16/h14-17H,4-13H2,1-3H3,(H,20,24)(H,21,23). The number of hydrogen-bond acceptors (Lipinski definition) is 4. The van der Waals surface area contributed by atoms with E-state index in [1.165, 1.54) is 0 Å². The molecule has 3 atom stereocenters. The lowest BCUT2D eigenvalue weighted by molar-refractivity contribution is -0.132. The van der Waals surface area contributed by atoms with Gasteiger partial charge in [-0.05, 0) is 45.4 Å². The topological polar surface area (TPSA) is 70.7 Å². The van der Waals surface area contributed by atoms with Crippen molar-refractivity contribution in [1.82, 2.24) is 15.5 Å². The lowest BCUT2D eigenvalue weighted by atomic mass is 9.84. The maximum atomic E-state index is 12.4. The van der Waals surface area contributed by atoms with Gasteiger partial charge in [0.2, 0.25) is 11.8 Å². The maximum absolute atomic E-state index is 12.4. The Morgan fingerprint density at radius 1 is 1.28 bits per heavy atom. The van der Waals surface area contributed by atoms with Gasteiger partial charge >= 0.3 is 0 Å². The van der Waals surface area contributed by atoms with Crippen LogP contribution in [-0.4, -0.2) is 61.6 Å². The second-order valence-electron chi connectivity index (χ2n) is 7.59. The molecule has 1 heterocycles. The summed E-state index contributed by atoms with van der Waals surface area (Å²) >= 11 is 0. The summed E-state index contributed by atoms with van der Waals surface area (Å²) in [7, 11) is 0. The highest BCUT2D eigenvalue weighted by atomic mass is 16.5. The van der Waals surface area contributed by atoms with Crippen molar-refractivity contribution >= 4 is 11.8 Å². The van der Waals surface area contributed by atoms with E-state index in [0.29, 0.717) is 5.92 Å². The zero-order chi connectivity index (χ0) is 18.2. The second-order valence-corrected chi connectivity index (χ2v) is 7.59. The molecule has 1 saturated heterocycles. The van der Waals surface area contributed by atoms with E-state index >= 15 is 0 Å². The number of rotatable bonds is 9. The molecule has 0 bridgehead atoms. The van der Waals surface area contributed by atoms with Crippen LogP contribution in [0.15, 0.2) is 0 Å². The Bertz CT molecular complexity index is 440. The highest BCUT2D eigenvalue weighted by Gasteiger charge is 2.30. The summed E-state index contributed by atoms with van der Waals surface area (Å²) < 4.78 is 5.39. The number of piperidine rings is 1. The van der Waals surface area contributed by atoms with Crippen molar-refractivity contribution in [3.8, 4) is 0 Å². The van der Waals surface area contributed by atoms with Crippen LogP contribution in [-0.2, 0) is 14.3 Å². The highest BCUT2D eigenvalue weighted by Crippen LogP contribution is 2.26. The molecule has 2 rings (SSSR count). The van der Waals surface area contributed by atoms with Crippen molar-refractivity contribution in [2.24, 2.45) is 11.8 Å². The van der Waals surface area contributed by atoms with Gasteiger partial charge in [-0.2, -0.15) is 0 Å². The maximum Gasteiger partial charge on any atom is 0.242 e. The lowest BCUT2D eigenvalue weighted by Crippen LogP contribution is -2.55. The van der Waals surface area contributed by atoms with Crippen LogP contribution in [0.5, 0.6) is 0 Å². The Balaban J connectivity index is 1.67. The van der Waals surface area contributed by atoms with Crippen molar-refractivity contribution in [2.75, 3.05) is 32.8 Å². The van der Waals surface area contributed by atoms with E-state index in [9.17, 15) is 9.59 Å². The molecule has 25 heavy (non-hydrogen) atoms. The van der Waals surface area contributed by atoms with Crippen LogP contribution in [0.3, 0.4) is 0 Å². The molecular formula is C19H35N3O3. The summed E-state index contributed by atoms with van der Waals surface area (Å²) in [6, 6.07) is -0.261. The van der Waals surface area contributed by atoms with Crippen LogP contribution in [0.25, 0.3) is 0 Å². The van der Waals surface area contributed by atoms with E-state index in [1.807, 2.05) is 6.92 Å². The van der Waals surface area contributed by atoms with Crippen molar-refractivity contribution in [3.63, 3.8) is 0 Å². The molecule has 2 aliphatic rings. The van der Waals surface area contributed by atoms with Crippen molar-refractivity contribution in [3.05, 3.63) is 0 Å². The summed E-state index contributed by atoms with van der Waals surface area (Å²) in [5.74, 6) is 0.508. The molecule has 0 aromatic heterocycles. The van der Waals surface area contributed by atoms with Gasteiger partial charge in [0, 0.05) is 44.8 Å². The van der Waals surface area contributed by atoms with Gasteiger partial charge in [0.1, 0.15) is 6.04 Å². The van der Waals surface area contributed by atoms with Gasteiger partial charge in [-0.25, -0.2) is 0 Å². The third-order valence-corrected chi connectivity index (χ3v) is 5.51. The van der Waals surface area contributed by atoms with Gasteiger partial charge in [0.05, 0.1) is 0 Å². The fourth-order valence-corrected chi connectivity index (χ4v) is 3.56. The van der Waals surface area contributed by atoms with Gasteiger partial charge in [-0.3, -0.25) is 9.59 Å². The van der Waals surface area contributed by atoms with Crippen LogP contribution >= 0.6 is 0 Å². The Morgan fingerprint density at radius 3 is 2.64 bits per heavy atom. The predicted octanol–water partition coefficient (Wildman–Crippen LogP) is 1.54. The summed E-state index contributed by atoms with van der Waals surface area (Å²) in [6.07, 6.45) is 5.06. The highest BCUT2D eigenvalue weighted by molar-refractivity contribution is 5.88. The summed E-state index contributed by atoms with van der Waals surface area (Å²) in [5.41, 5.74) is 0. The average molecular weight is 354 g/mol. The SMILES string of the molecule is CCOCCCN1CCC(NC(=O)C(C)NC(=O)C2CCC2)C(C)C1. The van der Waals surface area contributed by atoms with E-state index in [1.54, 1.807) is 6.92 Å². The molecule has 0 aromatic rings. The van der Waals surface area contributed by atoms with Crippen molar-refractivity contribution in [1.29, 1.82) is 0 Å². The predicted molar refractivity (Wildman–Crippen MR) is 98.2 cm³/mol. The first-order chi connectivity index (χ1) is 12.0. The molecule has 0 spiro atoms. The molecular weight excluding hydrogens is 318 g/mol. The molecule has 0 radical (unpaired) electrons. The fourth-order valence-electron chi connectivity index (χ4n) is 3.56. The summed E-state index contributed by atoms with van der Waals surface area (Å²) in [5, 5.41) is 6.00. The third-order valence-electron chi connectivity index (χ3n) is 5.51. The minimum Gasteiger partial charge on any atom is -0.382 e. The molecule has 2 amide bonds. The monoisotopic (exact) mass is 353 g/mol. The lowest BCUT2D eigenvalue weighted by Gasteiger charge is -2.37. The van der Waals surface area contributed by atoms with Crippen molar-refractivity contribution in [2.45, 2.75) is 65.0 Å². The fraction of sp³-hybridized carbons (Fsp3) is 0.895.